The predicted octanol–water partition coefficient (Wildman–Crippen LogP) is 4.08. The predicted molar refractivity (Wildman–Crippen MR) is 122 cm³/mol. The Hall–Kier alpha value is -3.76. The van der Waals surface area contributed by atoms with E-state index in [0.29, 0.717) is 17.1 Å². The van der Waals surface area contributed by atoms with Gasteiger partial charge in [0.15, 0.2) is 0 Å². The zero-order valence-electron chi connectivity index (χ0n) is 17.2. The minimum atomic E-state index is -3.84. The van der Waals surface area contributed by atoms with Crippen molar-refractivity contribution in [1.29, 1.82) is 0 Å². The molecule has 3 aromatic rings. The molecule has 0 saturated carbocycles. The topological polar surface area (TPSA) is 75.7 Å². The molecule has 0 aliphatic carbocycles. The van der Waals surface area contributed by atoms with E-state index < -0.39 is 10.0 Å². The zero-order valence-corrected chi connectivity index (χ0v) is 18.0. The Balaban J connectivity index is 1.80. The van der Waals surface area contributed by atoms with E-state index in [1.807, 2.05) is 13.0 Å². The number of aryl methyl sites for hydroxylation is 1. The summed E-state index contributed by atoms with van der Waals surface area (Å²) in [4.78, 5) is 14.4. The molecular weight excluding hydrogens is 412 g/mol. The van der Waals surface area contributed by atoms with Crippen molar-refractivity contribution in [3.63, 3.8) is 0 Å². The van der Waals surface area contributed by atoms with E-state index >= 15 is 0 Å². The van der Waals surface area contributed by atoms with Crippen LogP contribution in [0, 0.1) is 19.3 Å². The van der Waals surface area contributed by atoms with E-state index in [0.717, 1.165) is 5.56 Å². The number of ether oxygens (including phenoxy) is 1. The smallest absolute Gasteiger partial charge is 0.261 e. The quantitative estimate of drug-likeness (QED) is 0.569. The molecule has 6 nitrogen and oxygen atoms in total. The van der Waals surface area contributed by atoms with Gasteiger partial charge in [0.25, 0.3) is 15.9 Å². The lowest BCUT2D eigenvalue weighted by molar-refractivity contribution is 0.0993. The summed E-state index contributed by atoms with van der Waals surface area (Å²) in [5.41, 5.74) is 2.27. The highest BCUT2D eigenvalue weighted by atomic mass is 32.2. The van der Waals surface area contributed by atoms with Crippen LogP contribution in [0.5, 0.6) is 5.75 Å². The van der Waals surface area contributed by atoms with Crippen molar-refractivity contribution in [1.82, 2.24) is 0 Å². The summed E-state index contributed by atoms with van der Waals surface area (Å²) in [6.07, 6.45) is 5.18. The van der Waals surface area contributed by atoms with Crippen LogP contribution < -0.4 is 14.4 Å². The number of nitrogens with one attached hydrogen (secondary N) is 1. The maximum absolute atomic E-state index is 12.9. The van der Waals surface area contributed by atoms with Crippen molar-refractivity contribution in [3.8, 4) is 18.1 Å². The van der Waals surface area contributed by atoms with Crippen LogP contribution in [0.2, 0.25) is 0 Å². The standard InChI is InChI=1S/C24H22N2O4S/c1-4-15-30-22-13-11-21(12-14-22)26(3)24(27)19-8-6-10-23(17-19)31(28,29)25-20-9-5-7-18(2)16-20/h1,5-14,16-17,25H,15H2,2-3H3. The maximum atomic E-state index is 12.9. The van der Waals surface area contributed by atoms with Crippen LogP contribution >= 0.6 is 0 Å². The lowest BCUT2D eigenvalue weighted by Gasteiger charge is -2.18. The van der Waals surface area contributed by atoms with Crippen LogP contribution in [0.1, 0.15) is 15.9 Å². The van der Waals surface area contributed by atoms with Crippen molar-refractivity contribution in [2.45, 2.75) is 11.8 Å². The minimum absolute atomic E-state index is 0.00582. The molecule has 0 aliphatic heterocycles. The second-order valence-corrected chi connectivity index (χ2v) is 8.54. The summed E-state index contributed by atoms with van der Waals surface area (Å²) in [5, 5.41) is 0. The van der Waals surface area contributed by atoms with Gasteiger partial charge in [-0.25, -0.2) is 8.42 Å². The number of rotatable bonds is 7. The SMILES string of the molecule is C#CCOc1ccc(N(C)C(=O)c2cccc(S(=O)(=O)Nc3cccc(C)c3)c2)cc1. The minimum Gasteiger partial charge on any atom is -0.481 e. The van der Waals surface area contributed by atoms with Crippen LogP contribution in [0.25, 0.3) is 0 Å². The molecule has 0 bridgehead atoms. The Kier molecular flexibility index (Phi) is 6.63. The van der Waals surface area contributed by atoms with Gasteiger partial charge in [-0.2, -0.15) is 0 Å². The van der Waals surface area contributed by atoms with Gasteiger partial charge in [-0.3, -0.25) is 9.52 Å². The van der Waals surface area contributed by atoms with E-state index in [1.165, 1.54) is 17.0 Å². The molecule has 0 aromatic heterocycles. The third kappa shape index (κ3) is 5.44. The normalized spacial score (nSPS) is 10.7. The van der Waals surface area contributed by atoms with Gasteiger partial charge in [-0.15, -0.1) is 6.42 Å². The highest BCUT2D eigenvalue weighted by Crippen LogP contribution is 2.22. The lowest BCUT2D eigenvalue weighted by atomic mass is 10.2. The summed E-state index contributed by atoms with van der Waals surface area (Å²) >= 11 is 0. The summed E-state index contributed by atoms with van der Waals surface area (Å²) < 4.78 is 33.5. The molecule has 3 aromatic carbocycles. The molecule has 0 heterocycles. The first-order valence-electron chi connectivity index (χ1n) is 9.44. The summed E-state index contributed by atoms with van der Waals surface area (Å²) in [6, 6.07) is 19.9. The molecule has 0 atom stereocenters. The first kappa shape index (κ1) is 21.9. The molecule has 1 amide bonds. The van der Waals surface area contributed by atoms with Crippen molar-refractivity contribution in [3.05, 3.63) is 83.9 Å². The number of terminal acetylenes is 1. The molecular formula is C24H22N2O4S. The van der Waals surface area contributed by atoms with Gasteiger partial charge in [-0.1, -0.05) is 24.1 Å². The first-order valence-corrected chi connectivity index (χ1v) is 10.9. The van der Waals surface area contributed by atoms with E-state index in [2.05, 4.69) is 10.6 Å². The van der Waals surface area contributed by atoms with Gasteiger partial charge in [0.05, 0.1) is 4.90 Å². The highest BCUT2D eigenvalue weighted by Gasteiger charge is 2.19. The average molecular weight is 435 g/mol. The number of nitrogens with zero attached hydrogens (tertiary/aromatic N) is 1. The molecule has 31 heavy (non-hydrogen) atoms. The largest absolute Gasteiger partial charge is 0.481 e. The summed E-state index contributed by atoms with van der Waals surface area (Å²) in [5.74, 6) is 2.64. The van der Waals surface area contributed by atoms with Gasteiger partial charge < -0.3 is 9.64 Å². The Bertz CT molecular complexity index is 1230. The average Bonchev–Trinajstić information content (AvgIpc) is 2.77. The molecule has 7 heteroatoms. The Morgan fingerprint density at radius 1 is 1.06 bits per heavy atom. The van der Waals surface area contributed by atoms with Gasteiger partial charge >= 0.3 is 0 Å². The summed E-state index contributed by atoms with van der Waals surface area (Å²) in [6.45, 7) is 2.03. The maximum Gasteiger partial charge on any atom is 0.261 e. The molecule has 0 fully saturated rings. The first-order chi connectivity index (χ1) is 14.8. The van der Waals surface area contributed by atoms with Crippen molar-refractivity contribution >= 4 is 27.3 Å². The van der Waals surface area contributed by atoms with Crippen LogP contribution in [0.15, 0.2) is 77.7 Å². The van der Waals surface area contributed by atoms with E-state index in [4.69, 9.17) is 11.2 Å². The van der Waals surface area contributed by atoms with Crippen LogP contribution in [0.3, 0.4) is 0 Å². The van der Waals surface area contributed by atoms with Gasteiger partial charge in [0.1, 0.15) is 12.4 Å². The second-order valence-electron chi connectivity index (χ2n) is 6.85. The van der Waals surface area contributed by atoms with Gasteiger partial charge in [-0.05, 0) is 67.1 Å². The van der Waals surface area contributed by atoms with E-state index in [1.54, 1.807) is 61.6 Å². The number of amides is 1. The van der Waals surface area contributed by atoms with Crippen LogP contribution in [0.4, 0.5) is 11.4 Å². The lowest BCUT2D eigenvalue weighted by Crippen LogP contribution is -2.26. The number of hydrogen-bond acceptors (Lipinski definition) is 4. The van der Waals surface area contributed by atoms with Crippen molar-refractivity contribution in [2.75, 3.05) is 23.3 Å². The Labute approximate surface area is 182 Å². The number of carbonyl (C=O) groups is 1. The van der Waals surface area contributed by atoms with E-state index in [-0.39, 0.29) is 23.0 Å². The fourth-order valence-electron chi connectivity index (χ4n) is 2.92. The van der Waals surface area contributed by atoms with Crippen molar-refractivity contribution in [2.24, 2.45) is 0 Å². The molecule has 1 N–H and O–H groups in total. The molecule has 0 aliphatic rings. The zero-order chi connectivity index (χ0) is 22.4. The molecule has 0 unspecified atom stereocenters. The number of benzene rings is 3. The highest BCUT2D eigenvalue weighted by molar-refractivity contribution is 7.92. The molecule has 0 saturated heterocycles. The van der Waals surface area contributed by atoms with Crippen LogP contribution in [-0.2, 0) is 10.0 Å². The monoisotopic (exact) mass is 434 g/mol. The molecule has 0 spiro atoms. The third-order valence-electron chi connectivity index (χ3n) is 4.51. The number of carbonyl (C=O) groups excluding carboxylic acids is 1. The van der Waals surface area contributed by atoms with Gasteiger partial charge in [0, 0.05) is 24.0 Å². The second kappa shape index (κ2) is 9.37. The van der Waals surface area contributed by atoms with Crippen molar-refractivity contribution < 1.29 is 17.9 Å². The number of anilines is 2. The molecule has 158 valence electrons. The van der Waals surface area contributed by atoms with E-state index in [9.17, 15) is 13.2 Å². The fraction of sp³-hybridized carbons (Fsp3) is 0.125. The molecule has 3 rings (SSSR count). The summed E-state index contributed by atoms with van der Waals surface area (Å²) in [7, 11) is -2.23. The number of hydrogen-bond donors (Lipinski definition) is 1. The Morgan fingerprint density at radius 3 is 2.45 bits per heavy atom. The Morgan fingerprint density at radius 2 is 1.77 bits per heavy atom. The third-order valence-corrected chi connectivity index (χ3v) is 5.89. The fourth-order valence-corrected chi connectivity index (χ4v) is 4.02. The van der Waals surface area contributed by atoms with Gasteiger partial charge in [0.2, 0.25) is 0 Å². The molecule has 0 radical (unpaired) electrons. The number of sulfonamides is 1. The van der Waals surface area contributed by atoms with Crippen LogP contribution in [-0.4, -0.2) is 28.0 Å².